The summed E-state index contributed by atoms with van der Waals surface area (Å²) in [7, 11) is 0. The van der Waals surface area contributed by atoms with Crippen molar-refractivity contribution in [3.63, 3.8) is 0 Å². The van der Waals surface area contributed by atoms with Gasteiger partial charge in [0.1, 0.15) is 5.82 Å². The number of benzene rings is 1. The summed E-state index contributed by atoms with van der Waals surface area (Å²) in [5.74, 6) is -0.539. The molecule has 1 aromatic carbocycles. The first-order valence-corrected chi connectivity index (χ1v) is 10.3. The first kappa shape index (κ1) is 20.3. The standard InChI is InChI=1S/C22H26FN5O2/c1-3-28-21-18(13-25-28)20(27-17-8-10-30-11-9-17)19(12-24-21)22(29)26-14(2)15-4-6-16(23)7-5-15/h4-7,12-14,17H,3,8-11H2,1-2H3,(H,24,27)(H,26,29). The van der Waals surface area contributed by atoms with Gasteiger partial charge < -0.3 is 15.4 Å². The van der Waals surface area contributed by atoms with Crippen molar-refractivity contribution in [2.45, 2.75) is 45.3 Å². The molecule has 7 nitrogen and oxygen atoms in total. The molecular formula is C22H26FN5O2. The summed E-state index contributed by atoms with van der Waals surface area (Å²) in [5, 5.41) is 11.8. The number of amides is 1. The van der Waals surface area contributed by atoms with Gasteiger partial charge in [0, 0.05) is 32.0 Å². The van der Waals surface area contributed by atoms with Crippen LogP contribution in [-0.2, 0) is 11.3 Å². The summed E-state index contributed by atoms with van der Waals surface area (Å²) in [4.78, 5) is 17.7. The van der Waals surface area contributed by atoms with E-state index in [1.165, 1.54) is 12.1 Å². The van der Waals surface area contributed by atoms with Gasteiger partial charge in [0.05, 0.1) is 28.9 Å². The highest BCUT2D eigenvalue weighted by molar-refractivity contribution is 6.06. The average molecular weight is 411 g/mol. The first-order chi connectivity index (χ1) is 14.6. The Labute approximate surface area is 174 Å². The molecule has 2 aromatic heterocycles. The maximum absolute atomic E-state index is 13.2. The highest BCUT2D eigenvalue weighted by atomic mass is 19.1. The number of aromatic nitrogens is 3. The molecule has 3 aromatic rings. The number of ether oxygens (including phenoxy) is 1. The number of rotatable bonds is 6. The van der Waals surface area contributed by atoms with Gasteiger partial charge in [0.2, 0.25) is 0 Å². The fourth-order valence-electron chi connectivity index (χ4n) is 3.74. The van der Waals surface area contributed by atoms with Crippen molar-refractivity contribution in [3.8, 4) is 0 Å². The monoisotopic (exact) mass is 411 g/mol. The summed E-state index contributed by atoms with van der Waals surface area (Å²) in [6.45, 7) is 5.97. The number of pyridine rings is 1. The van der Waals surface area contributed by atoms with Crippen LogP contribution in [0, 0.1) is 5.82 Å². The predicted molar refractivity (Wildman–Crippen MR) is 113 cm³/mol. The number of nitrogens with zero attached hydrogens (tertiary/aromatic N) is 3. The van der Waals surface area contributed by atoms with Crippen LogP contribution in [0.15, 0.2) is 36.7 Å². The van der Waals surface area contributed by atoms with E-state index in [4.69, 9.17) is 4.74 Å². The zero-order valence-corrected chi connectivity index (χ0v) is 17.2. The van der Waals surface area contributed by atoms with Crippen molar-refractivity contribution >= 4 is 22.6 Å². The lowest BCUT2D eigenvalue weighted by Crippen LogP contribution is -2.31. The predicted octanol–water partition coefficient (Wildman–Crippen LogP) is 3.67. The average Bonchev–Trinajstić information content (AvgIpc) is 3.18. The molecule has 158 valence electrons. The number of aryl methyl sites for hydroxylation is 1. The third kappa shape index (κ3) is 4.14. The molecule has 3 heterocycles. The van der Waals surface area contributed by atoms with E-state index in [0.717, 1.165) is 35.1 Å². The van der Waals surface area contributed by atoms with Gasteiger partial charge in [-0.25, -0.2) is 14.1 Å². The molecule has 1 atom stereocenters. The van der Waals surface area contributed by atoms with Crippen LogP contribution in [0.25, 0.3) is 11.0 Å². The maximum Gasteiger partial charge on any atom is 0.255 e. The molecule has 4 rings (SSSR count). The Morgan fingerprint density at radius 2 is 2.00 bits per heavy atom. The van der Waals surface area contributed by atoms with Crippen LogP contribution in [0.3, 0.4) is 0 Å². The Morgan fingerprint density at radius 3 is 2.70 bits per heavy atom. The molecular weight excluding hydrogens is 385 g/mol. The molecule has 0 saturated carbocycles. The molecule has 0 bridgehead atoms. The highest BCUT2D eigenvalue weighted by Gasteiger charge is 2.23. The van der Waals surface area contributed by atoms with Gasteiger partial charge in [-0.2, -0.15) is 5.10 Å². The quantitative estimate of drug-likeness (QED) is 0.647. The minimum Gasteiger partial charge on any atom is -0.381 e. The molecule has 2 N–H and O–H groups in total. The van der Waals surface area contributed by atoms with Gasteiger partial charge in [-0.15, -0.1) is 0 Å². The van der Waals surface area contributed by atoms with Crippen molar-refractivity contribution in [1.82, 2.24) is 20.1 Å². The Morgan fingerprint density at radius 1 is 1.27 bits per heavy atom. The number of hydrogen-bond donors (Lipinski definition) is 2. The third-order valence-electron chi connectivity index (χ3n) is 5.50. The van der Waals surface area contributed by atoms with Gasteiger partial charge in [-0.1, -0.05) is 12.1 Å². The summed E-state index contributed by atoms with van der Waals surface area (Å²) in [6, 6.07) is 6.08. The molecule has 1 aliphatic rings. The number of hydrogen-bond acceptors (Lipinski definition) is 5. The minimum absolute atomic E-state index is 0.218. The van der Waals surface area contributed by atoms with Crippen LogP contribution >= 0.6 is 0 Å². The number of carbonyl (C=O) groups excluding carboxylic acids is 1. The lowest BCUT2D eigenvalue weighted by molar-refractivity contribution is 0.0903. The van der Waals surface area contributed by atoms with Crippen LogP contribution in [0.1, 0.15) is 48.7 Å². The van der Waals surface area contributed by atoms with E-state index in [2.05, 4.69) is 20.7 Å². The molecule has 1 fully saturated rings. The smallest absolute Gasteiger partial charge is 0.255 e. The van der Waals surface area contributed by atoms with E-state index >= 15 is 0 Å². The number of anilines is 1. The largest absolute Gasteiger partial charge is 0.381 e. The second-order valence-corrected chi connectivity index (χ2v) is 7.52. The summed E-state index contributed by atoms with van der Waals surface area (Å²) in [5.41, 5.74) is 2.79. The highest BCUT2D eigenvalue weighted by Crippen LogP contribution is 2.29. The zero-order valence-electron chi connectivity index (χ0n) is 17.2. The van der Waals surface area contributed by atoms with E-state index < -0.39 is 0 Å². The summed E-state index contributed by atoms with van der Waals surface area (Å²) in [6.07, 6.45) is 5.11. The molecule has 1 saturated heterocycles. The van der Waals surface area contributed by atoms with Crippen LogP contribution in [0.5, 0.6) is 0 Å². The number of halogens is 1. The molecule has 30 heavy (non-hydrogen) atoms. The fourth-order valence-corrected chi connectivity index (χ4v) is 3.74. The van der Waals surface area contributed by atoms with Crippen LogP contribution in [-0.4, -0.2) is 39.9 Å². The lowest BCUT2D eigenvalue weighted by Gasteiger charge is -2.26. The van der Waals surface area contributed by atoms with E-state index in [9.17, 15) is 9.18 Å². The first-order valence-electron chi connectivity index (χ1n) is 10.3. The van der Waals surface area contributed by atoms with Crippen molar-refractivity contribution in [1.29, 1.82) is 0 Å². The molecule has 1 aliphatic heterocycles. The Kier molecular flexibility index (Phi) is 5.94. The van der Waals surface area contributed by atoms with Crippen molar-refractivity contribution < 1.29 is 13.9 Å². The van der Waals surface area contributed by atoms with Crippen LogP contribution < -0.4 is 10.6 Å². The molecule has 0 spiro atoms. The van der Waals surface area contributed by atoms with E-state index in [0.29, 0.717) is 25.3 Å². The van der Waals surface area contributed by atoms with E-state index in [-0.39, 0.29) is 23.8 Å². The molecule has 0 aliphatic carbocycles. The Bertz CT molecular complexity index is 1030. The third-order valence-corrected chi connectivity index (χ3v) is 5.50. The Hall–Kier alpha value is -3.00. The Balaban J connectivity index is 1.65. The minimum atomic E-state index is -0.303. The van der Waals surface area contributed by atoms with E-state index in [1.807, 2.05) is 18.5 Å². The SMILES string of the molecule is CCn1ncc2c(NC3CCOCC3)c(C(=O)NC(C)c3ccc(F)cc3)cnc21. The van der Waals surface area contributed by atoms with Gasteiger partial charge >= 0.3 is 0 Å². The van der Waals surface area contributed by atoms with Crippen molar-refractivity contribution in [2.24, 2.45) is 0 Å². The fraction of sp³-hybridized carbons (Fsp3) is 0.409. The normalized spacial score (nSPS) is 15.8. The van der Waals surface area contributed by atoms with Crippen molar-refractivity contribution in [3.05, 3.63) is 53.6 Å². The van der Waals surface area contributed by atoms with Gasteiger partial charge in [-0.05, 0) is 44.4 Å². The second kappa shape index (κ2) is 8.79. The van der Waals surface area contributed by atoms with Crippen LogP contribution in [0.2, 0.25) is 0 Å². The number of carbonyl (C=O) groups is 1. The molecule has 0 radical (unpaired) electrons. The topological polar surface area (TPSA) is 81.1 Å². The van der Waals surface area contributed by atoms with Crippen LogP contribution in [0.4, 0.5) is 10.1 Å². The molecule has 1 unspecified atom stereocenters. The van der Waals surface area contributed by atoms with Gasteiger partial charge in [0.25, 0.3) is 5.91 Å². The number of fused-ring (bicyclic) bond motifs is 1. The molecule has 8 heteroatoms. The zero-order chi connectivity index (χ0) is 21.1. The van der Waals surface area contributed by atoms with Gasteiger partial charge in [-0.3, -0.25) is 4.79 Å². The maximum atomic E-state index is 13.2. The van der Waals surface area contributed by atoms with E-state index in [1.54, 1.807) is 24.5 Å². The van der Waals surface area contributed by atoms with Crippen molar-refractivity contribution in [2.75, 3.05) is 18.5 Å². The molecule has 1 amide bonds. The summed E-state index contributed by atoms with van der Waals surface area (Å²) >= 11 is 0. The second-order valence-electron chi connectivity index (χ2n) is 7.52. The number of nitrogens with one attached hydrogen (secondary N) is 2. The summed E-state index contributed by atoms with van der Waals surface area (Å²) < 4.78 is 20.5. The lowest BCUT2D eigenvalue weighted by atomic mass is 10.1. The van der Waals surface area contributed by atoms with Gasteiger partial charge in [0.15, 0.2) is 5.65 Å².